The van der Waals surface area contributed by atoms with Crippen molar-refractivity contribution in [2.45, 2.75) is 44.2 Å². The zero-order valence-electron chi connectivity index (χ0n) is 12.7. The lowest BCUT2D eigenvalue weighted by molar-refractivity contribution is -0.0189. The van der Waals surface area contributed by atoms with Crippen LogP contribution in [0.4, 0.5) is 4.48 Å². The quantitative estimate of drug-likeness (QED) is 0.592. The largest absolute Gasteiger partial charge is 0.374 e. The van der Waals surface area contributed by atoms with E-state index in [4.69, 9.17) is 4.74 Å². The molecule has 20 heavy (non-hydrogen) atoms. The van der Waals surface area contributed by atoms with Gasteiger partial charge < -0.3 is 4.74 Å². The highest BCUT2D eigenvalue weighted by Crippen LogP contribution is 2.27. The molecule has 112 valence electrons. The summed E-state index contributed by atoms with van der Waals surface area (Å²) in [7, 11) is 0. The van der Waals surface area contributed by atoms with Crippen molar-refractivity contribution in [2.24, 2.45) is 0 Å². The normalized spacial score (nSPS) is 13.2. The molecule has 2 nitrogen and oxygen atoms in total. The van der Waals surface area contributed by atoms with Crippen molar-refractivity contribution >= 4 is 17.3 Å². The van der Waals surface area contributed by atoms with Crippen LogP contribution in [0.15, 0.2) is 35.7 Å². The maximum Gasteiger partial charge on any atom is 0.0699 e. The summed E-state index contributed by atoms with van der Waals surface area (Å²) in [5, 5.41) is 0. The molecule has 0 saturated heterocycles. The monoisotopic (exact) mass is 297 g/mol. The molecule has 0 fully saturated rings. The second-order valence-electron chi connectivity index (χ2n) is 5.82. The number of halogens is 1. The first-order valence-electron chi connectivity index (χ1n) is 6.71. The van der Waals surface area contributed by atoms with E-state index in [1.807, 2.05) is 57.5 Å². The predicted octanol–water partition coefficient (Wildman–Crippen LogP) is 4.47. The first kappa shape index (κ1) is 17.2. The van der Waals surface area contributed by atoms with Crippen molar-refractivity contribution in [1.29, 1.82) is 0 Å². The third-order valence-corrected chi connectivity index (χ3v) is 3.89. The Balaban J connectivity index is 2.58. The summed E-state index contributed by atoms with van der Waals surface area (Å²) in [6, 6.07) is 7.72. The molecule has 0 aliphatic heterocycles. The Morgan fingerprint density at radius 2 is 2.05 bits per heavy atom. The summed E-state index contributed by atoms with van der Waals surface area (Å²) in [6.07, 6.45) is 0. The van der Waals surface area contributed by atoms with E-state index >= 15 is 0 Å². The second-order valence-corrected chi connectivity index (χ2v) is 6.88. The molecule has 0 saturated carbocycles. The average Bonchev–Trinajstić information content (AvgIpc) is 2.38. The molecule has 1 N–H and O–H groups in total. The number of thioether (sulfide) groups is 1. The van der Waals surface area contributed by atoms with Crippen LogP contribution in [0.25, 0.3) is 5.57 Å². The minimum absolute atomic E-state index is 0.255. The lowest BCUT2D eigenvalue weighted by Gasteiger charge is -2.23. The predicted molar refractivity (Wildman–Crippen MR) is 85.6 cm³/mol. The Morgan fingerprint density at radius 3 is 2.60 bits per heavy atom. The summed E-state index contributed by atoms with van der Waals surface area (Å²) in [5.74, 6) is 0.608. The summed E-state index contributed by atoms with van der Waals surface area (Å²) in [5.41, 5.74) is 3.71. The van der Waals surface area contributed by atoms with Gasteiger partial charge in [0, 0.05) is 10.6 Å². The van der Waals surface area contributed by atoms with Gasteiger partial charge >= 0.3 is 0 Å². The van der Waals surface area contributed by atoms with Gasteiger partial charge in [0.05, 0.1) is 18.2 Å². The van der Waals surface area contributed by atoms with Gasteiger partial charge in [-0.05, 0) is 44.9 Å². The minimum Gasteiger partial charge on any atom is -0.374 e. The van der Waals surface area contributed by atoms with Crippen molar-refractivity contribution < 1.29 is 9.22 Å². The first-order valence-corrected chi connectivity index (χ1v) is 7.70. The number of ether oxygens (including phenoxy) is 1. The van der Waals surface area contributed by atoms with Gasteiger partial charge in [-0.15, -0.1) is 16.2 Å². The third-order valence-electron chi connectivity index (χ3n) is 2.66. The Kier molecular flexibility index (Phi) is 6.72. The average molecular weight is 297 g/mol. The van der Waals surface area contributed by atoms with E-state index < -0.39 is 0 Å². The highest BCUT2D eigenvalue weighted by Gasteiger charge is 2.16. The van der Waals surface area contributed by atoms with Gasteiger partial charge in [-0.1, -0.05) is 24.8 Å². The van der Waals surface area contributed by atoms with E-state index in [0.717, 1.165) is 16.0 Å². The number of rotatable bonds is 7. The SMILES string of the molecule is C=C(C)c1ccccc1SC[C@H](COC(C)(C)C)NF. The molecular formula is C16H24FNOS. The Morgan fingerprint density at radius 1 is 1.40 bits per heavy atom. The Hall–Kier alpha value is -0.840. The summed E-state index contributed by atoms with van der Waals surface area (Å²) < 4.78 is 18.4. The topological polar surface area (TPSA) is 21.3 Å². The minimum atomic E-state index is -0.322. The van der Waals surface area contributed by atoms with Crippen molar-refractivity contribution in [1.82, 2.24) is 5.54 Å². The van der Waals surface area contributed by atoms with Gasteiger partial charge in [0.1, 0.15) is 0 Å². The third kappa shape index (κ3) is 6.07. The lowest BCUT2D eigenvalue weighted by Crippen LogP contribution is -2.34. The molecule has 0 aromatic heterocycles. The van der Waals surface area contributed by atoms with Crippen LogP contribution < -0.4 is 5.54 Å². The van der Waals surface area contributed by atoms with Crippen LogP contribution in [0.5, 0.6) is 0 Å². The van der Waals surface area contributed by atoms with Gasteiger partial charge in [-0.2, -0.15) is 5.54 Å². The van der Waals surface area contributed by atoms with Gasteiger partial charge in [-0.3, -0.25) is 0 Å². The molecule has 0 heterocycles. The zero-order valence-corrected chi connectivity index (χ0v) is 13.5. The molecule has 4 heteroatoms. The van der Waals surface area contributed by atoms with Crippen LogP contribution in [-0.2, 0) is 4.74 Å². The van der Waals surface area contributed by atoms with Crippen LogP contribution in [0.3, 0.4) is 0 Å². The maximum absolute atomic E-state index is 12.8. The van der Waals surface area contributed by atoms with Crippen LogP contribution >= 0.6 is 11.8 Å². The molecule has 1 aromatic rings. The van der Waals surface area contributed by atoms with E-state index in [0.29, 0.717) is 12.4 Å². The van der Waals surface area contributed by atoms with Crippen molar-refractivity contribution in [3.63, 3.8) is 0 Å². The number of allylic oxidation sites excluding steroid dienone is 1. The summed E-state index contributed by atoms with van der Waals surface area (Å²) >= 11 is 1.62. The number of benzene rings is 1. The number of hydrogen-bond acceptors (Lipinski definition) is 3. The van der Waals surface area contributed by atoms with Gasteiger partial charge in [-0.25, -0.2) is 0 Å². The highest BCUT2D eigenvalue weighted by molar-refractivity contribution is 7.99. The fraction of sp³-hybridized carbons (Fsp3) is 0.500. The van der Waals surface area contributed by atoms with E-state index in [-0.39, 0.29) is 11.6 Å². The molecular weight excluding hydrogens is 273 g/mol. The first-order chi connectivity index (χ1) is 9.33. The number of hydrogen-bond donors (Lipinski definition) is 1. The van der Waals surface area contributed by atoms with Crippen LogP contribution in [0.1, 0.15) is 33.3 Å². The maximum atomic E-state index is 12.8. The smallest absolute Gasteiger partial charge is 0.0699 e. The van der Waals surface area contributed by atoms with Crippen LogP contribution in [-0.4, -0.2) is 24.0 Å². The number of nitrogens with one attached hydrogen (secondary N) is 1. The molecule has 1 rings (SSSR count). The van der Waals surface area contributed by atoms with E-state index in [2.05, 4.69) is 6.58 Å². The van der Waals surface area contributed by atoms with E-state index in [9.17, 15) is 4.48 Å². The molecule has 1 atom stereocenters. The van der Waals surface area contributed by atoms with Gasteiger partial charge in [0.2, 0.25) is 0 Å². The van der Waals surface area contributed by atoms with Crippen molar-refractivity contribution in [2.75, 3.05) is 12.4 Å². The highest BCUT2D eigenvalue weighted by atomic mass is 32.2. The van der Waals surface area contributed by atoms with E-state index in [1.54, 1.807) is 11.8 Å². The Bertz CT molecular complexity index is 442. The molecule has 0 radical (unpaired) electrons. The fourth-order valence-electron chi connectivity index (χ4n) is 1.60. The second kappa shape index (κ2) is 7.81. The summed E-state index contributed by atoms with van der Waals surface area (Å²) in [6.45, 7) is 12.2. The lowest BCUT2D eigenvalue weighted by atomic mass is 10.1. The zero-order chi connectivity index (χ0) is 15.2. The van der Waals surface area contributed by atoms with E-state index in [1.165, 1.54) is 0 Å². The molecule has 1 aromatic carbocycles. The molecule has 0 bridgehead atoms. The Labute approximate surface area is 125 Å². The molecule has 0 spiro atoms. The molecule has 0 amide bonds. The van der Waals surface area contributed by atoms with Crippen molar-refractivity contribution in [3.8, 4) is 0 Å². The molecule has 0 unspecified atom stereocenters. The summed E-state index contributed by atoms with van der Waals surface area (Å²) in [4.78, 5) is 1.12. The van der Waals surface area contributed by atoms with Gasteiger partial charge in [0.25, 0.3) is 0 Å². The van der Waals surface area contributed by atoms with Crippen molar-refractivity contribution in [3.05, 3.63) is 36.4 Å². The molecule has 0 aliphatic carbocycles. The molecule has 0 aliphatic rings. The van der Waals surface area contributed by atoms with Crippen LogP contribution in [0, 0.1) is 0 Å². The fourth-order valence-corrected chi connectivity index (χ4v) is 2.71. The van der Waals surface area contributed by atoms with Gasteiger partial charge in [0.15, 0.2) is 0 Å². The standard InChI is InChI=1S/C16H24FNOS/c1-12(2)14-8-6-7-9-15(14)20-11-13(18-17)10-19-16(3,4)5/h6-9,13,18H,1,10-11H2,2-5H3/t13-/m0/s1. The van der Waals surface area contributed by atoms with Crippen LogP contribution in [0.2, 0.25) is 0 Å².